The molecule has 0 aromatic carbocycles. The van der Waals surface area contributed by atoms with Crippen molar-refractivity contribution in [3.8, 4) is 0 Å². The Kier molecular flexibility index (Phi) is 4.87. The van der Waals surface area contributed by atoms with E-state index in [1.54, 1.807) is 28.6 Å². The van der Waals surface area contributed by atoms with Gasteiger partial charge in [0.2, 0.25) is 0 Å². The van der Waals surface area contributed by atoms with E-state index in [-0.39, 0.29) is 24.0 Å². The first-order chi connectivity index (χ1) is 3.43. The van der Waals surface area contributed by atoms with E-state index in [1.807, 2.05) is 6.26 Å². The molecule has 1 rings (SSSR count). The van der Waals surface area contributed by atoms with Crippen LogP contribution in [0.25, 0.3) is 0 Å². The zero-order valence-corrected chi connectivity index (χ0v) is 8.16. The van der Waals surface area contributed by atoms with Crippen LogP contribution in [0.15, 0.2) is 9.85 Å². The molecule has 0 N–H and O–H groups in total. The summed E-state index contributed by atoms with van der Waals surface area (Å²) in [6, 6.07) is 0. The predicted octanol–water partition coefficient (Wildman–Crippen LogP) is 1.88. The van der Waals surface area contributed by atoms with E-state index in [0.717, 1.165) is 4.34 Å². The minimum atomic E-state index is 0. The van der Waals surface area contributed by atoms with Crippen LogP contribution in [-0.4, -0.2) is 16.5 Å². The molecule has 0 bridgehead atoms. The van der Waals surface area contributed by atoms with Gasteiger partial charge in [-0.15, -0.1) is 34.2 Å². The first-order valence-corrected chi connectivity index (χ1v) is 3.84. The van der Waals surface area contributed by atoms with E-state index in [4.69, 9.17) is 0 Å². The van der Waals surface area contributed by atoms with E-state index in [0.29, 0.717) is 0 Å². The molecular formula is C3H5IN2S2. The number of hydrogen-bond acceptors (Lipinski definition) is 4. The first kappa shape index (κ1) is 8.64. The minimum Gasteiger partial charge on any atom is -0.146 e. The van der Waals surface area contributed by atoms with Crippen LogP contribution >= 0.6 is 47.1 Å². The third-order valence-electron chi connectivity index (χ3n) is 0.515. The van der Waals surface area contributed by atoms with Gasteiger partial charge in [0.15, 0.2) is 4.34 Å². The summed E-state index contributed by atoms with van der Waals surface area (Å²) in [6.45, 7) is 0. The molecule has 2 nitrogen and oxygen atoms in total. The van der Waals surface area contributed by atoms with E-state index >= 15 is 0 Å². The quantitative estimate of drug-likeness (QED) is 0.569. The average molecular weight is 260 g/mol. The number of halogens is 1. The van der Waals surface area contributed by atoms with E-state index < -0.39 is 0 Å². The molecule has 0 amide bonds. The lowest BCUT2D eigenvalue weighted by atomic mass is 11.6. The molecule has 0 radical (unpaired) electrons. The highest BCUT2D eigenvalue weighted by molar-refractivity contribution is 14.0. The van der Waals surface area contributed by atoms with Gasteiger partial charge in [-0.1, -0.05) is 23.1 Å². The average Bonchev–Trinajstić information content (AvgIpc) is 2.14. The smallest absolute Gasteiger partial charge is 0.146 e. The molecule has 0 saturated carbocycles. The van der Waals surface area contributed by atoms with Crippen molar-refractivity contribution < 1.29 is 0 Å². The molecule has 1 aromatic heterocycles. The van der Waals surface area contributed by atoms with Crippen LogP contribution in [-0.2, 0) is 0 Å². The molecule has 0 unspecified atom stereocenters. The number of nitrogens with zero attached hydrogens (tertiary/aromatic N) is 2. The van der Waals surface area contributed by atoms with Gasteiger partial charge < -0.3 is 0 Å². The van der Waals surface area contributed by atoms with Crippen molar-refractivity contribution in [3.63, 3.8) is 0 Å². The summed E-state index contributed by atoms with van der Waals surface area (Å²) in [7, 11) is 0. The van der Waals surface area contributed by atoms with Crippen LogP contribution in [0.1, 0.15) is 0 Å². The SMILES string of the molecule is CSc1nncs1.I. The molecular weight excluding hydrogens is 255 g/mol. The highest BCUT2D eigenvalue weighted by Gasteiger charge is 1.87. The van der Waals surface area contributed by atoms with Crippen LogP contribution in [0.3, 0.4) is 0 Å². The summed E-state index contributed by atoms with van der Waals surface area (Å²) in [6.07, 6.45) is 1.99. The predicted molar refractivity (Wildman–Crippen MR) is 47.1 cm³/mol. The molecule has 8 heavy (non-hydrogen) atoms. The maximum atomic E-state index is 3.77. The summed E-state index contributed by atoms with van der Waals surface area (Å²) >= 11 is 3.18. The summed E-state index contributed by atoms with van der Waals surface area (Å²) in [5.41, 5.74) is 1.73. The van der Waals surface area contributed by atoms with Gasteiger partial charge in [0.05, 0.1) is 0 Å². The second kappa shape index (κ2) is 4.51. The van der Waals surface area contributed by atoms with Gasteiger partial charge in [-0.2, -0.15) is 0 Å². The molecule has 0 spiro atoms. The van der Waals surface area contributed by atoms with Crippen molar-refractivity contribution in [1.82, 2.24) is 10.2 Å². The second-order valence-electron chi connectivity index (χ2n) is 0.909. The van der Waals surface area contributed by atoms with Crippen molar-refractivity contribution in [2.75, 3.05) is 6.26 Å². The second-order valence-corrected chi connectivity index (χ2v) is 2.80. The Morgan fingerprint density at radius 2 is 2.50 bits per heavy atom. The minimum absolute atomic E-state index is 0. The Labute approximate surface area is 73.1 Å². The summed E-state index contributed by atoms with van der Waals surface area (Å²) in [5.74, 6) is 0. The Morgan fingerprint density at radius 3 is 2.75 bits per heavy atom. The van der Waals surface area contributed by atoms with Gasteiger partial charge in [0, 0.05) is 0 Å². The Balaban J connectivity index is 0.000000490. The van der Waals surface area contributed by atoms with E-state index in [2.05, 4.69) is 10.2 Å². The third kappa shape index (κ3) is 2.27. The van der Waals surface area contributed by atoms with Crippen LogP contribution in [0.5, 0.6) is 0 Å². The normalized spacial score (nSPS) is 8.12. The lowest BCUT2D eigenvalue weighted by Gasteiger charge is -1.74. The fraction of sp³-hybridized carbons (Fsp3) is 0.333. The molecule has 0 atom stereocenters. The number of hydrogen-bond donors (Lipinski definition) is 0. The molecule has 0 fully saturated rings. The van der Waals surface area contributed by atoms with Crippen molar-refractivity contribution >= 4 is 47.1 Å². The first-order valence-electron chi connectivity index (χ1n) is 1.73. The van der Waals surface area contributed by atoms with E-state index in [1.165, 1.54) is 0 Å². The van der Waals surface area contributed by atoms with Crippen LogP contribution < -0.4 is 0 Å². The molecule has 1 aromatic rings. The van der Waals surface area contributed by atoms with Crippen molar-refractivity contribution in [3.05, 3.63) is 5.51 Å². The monoisotopic (exact) mass is 260 g/mol. The molecule has 0 aliphatic heterocycles. The zero-order chi connectivity index (χ0) is 5.11. The summed E-state index contributed by atoms with van der Waals surface area (Å²) < 4.78 is 1.03. The van der Waals surface area contributed by atoms with Gasteiger partial charge in [-0.25, -0.2) is 0 Å². The zero-order valence-electron chi connectivity index (χ0n) is 4.20. The topological polar surface area (TPSA) is 25.8 Å². The third-order valence-corrected chi connectivity index (χ3v) is 2.22. The Morgan fingerprint density at radius 1 is 1.75 bits per heavy atom. The van der Waals surface area contributed by atoms with Crippen molar-refractivity contribution in [2.24, 2.45) is 0 Å². The van der Waals surface area contributed by atoms with Gasteiger partial charge >= 0.3 is 0 Å². The molecule has 5 heteroatoms. The largest absolute Gasteiger partial charge is 0.173 e. The van der Waals surface area contributed by atoms with Gasteiger partial charge in [0.25, 0.3) is 0 Å². The van der Waals surface area contributed by atoms with Crippen molar-refractivity contribution in [1.29, 1.82) is 0 Å². The molecule has 1 heterocycles. The highest BCUT2D eigenvalue weighted by Crippen LogP contribution is 2.13. The Hall–Kier alpha value is 0.640. The van der Waals surface area contributed by atoms with Gasteiger partial charge in [0.1, 0.15) is 5.51 Å². The maximum Gasteiger partial charge on any atom is 0.173 e. The highest BCUT2D eigenvalue weighted by atomic mass is 127. The van der Waals surface area contributed by atoms with Crippen LogP contribution in [0.2, 0.25) is 0 Å². The van der Waals surface area contributed by atoms with Crippen LogP contribution in [0.4, 0.5) is 0 Å². The molecule has 46 valence electrons. The summed E-state index contributed by atoms with van der Waals surface area (Å²) in [4.78, 5) is 0. The number of aromatic nitrogens is 2. The molecule has 0 aliphatic rings. The Bertz CT molecular complexity index is 130. The van der Waals surface area contributed by atoms with Gasteiger partial charge in [-0.05, 0) is 6.26 Å². The van der Waals surface area contributed by atoms with Gasteiger partial charge in [-0.3, -0.25) is 0 Å². The standard InChI is InChI=1S/C3H4N2S2.HI/c1-6-3-5-4-2-7-3;/h2H,1H3;1H. The number of thioether (sulfide) groups is 1. The number of rotatable bonds is 1. The van der Waals surface area contributed by atoms with Crippen molar-refractivity contribution in [2.45, 2.75) is 4.34 Å². The van der Waals surface area contributed by atoms with E-state index in [9.17, 15) is 0 Å². The lowest BCUT2D eigenvalue weighted by Crippen LogP contribution is -1.64. The molecule has 0 saturated heterocycles. The fourth-order valence-corrected chi connectivity index (χ4v) is 1.17. The maximum absolute atomic E-state index is 3.77. The summed E-state index contributed by atoms with van der Waals surface area (Å²) in [5, 5.41) is 7.41. The lowest BCUT2D eigenvalue weighted by molar-refractivity contribution is 1.01. The fourth-order valence-electron chi connectivity index (χ4n) is 0.252. The van der Waals surface area contributed by atoms with Crippen LogP contribution in [0, 0.1) is 0 Å². The molecule has 0 aliphatic carbocycles.